The molecule has 0 saturated carbocycles. The molecule has 1 heterocycles. The maximum atomic E-state index is 12.5. The van der Waals surface area contributed by atoms with Crippen LogP contribution >= 0.6 is 0 Å². The summed E-state index contributed by atoms with van der Waals surface area (Å²) in [6.07, 6.45) is 2.33. The first-order chi connectivity index (χ1) is 6.34. The van der Waals surface area contributed by atoms with Gasteiger partial charge in [-0.05, 0) is 17.7 Å². The Bertz CT molecular complexity index is 366. The zero-order chi connectivity index (χ0) is 9.10. The van der Waals surface area contributed by atoms with Gasteiger partial charge in [-0.2, -0.15) is 15.4 Å². The number of aromatic amines is 1. The maximum absolute atomic E-state index is 12.5. The summed E-state index contributed by atoms with van der Waals surface area (Å²) in [5.41, 5.74) is 1.88. The predicted molar refractivity (Wildman–Crippen MR) is 45.6 cm³/mol. The Kier molecular flexibility index (Phi) is 2.04. The molecular formula is C9H8FN3. The van der Waals surface area contributed by atoms with Crippen molar-refractivity contribution in [3.8, 4) is 0 Å². The first-order valence-corrected chi connectivity index (χ1v) is 3.94. The molecule has 2 aromatic rings. The van der Waals surface area contributed by atoms with Crippen molar-refractivity contribution in [2.24, 2.45) is 0 Å². The lowest BCUT2D eigenvalue weighted by Crippen LogP contribution is -1.88. The normalized spacial score (nSPS) is 10.2. The molecule has 0 radical (unpaired) electrons. The highest BCUT2D eigenvalue weighted by Gasteiger charge is 1.98. The molecule has 0 unspecified atom stereocenters. The van der Waals surface area contributed by atoms with Crippen molar-refractivity contribution in [1.29, 1.82) is 0 Å². The minimum atomic E-state index is -0.219. The SMILES string of the molecule is Fc1ccc(Cc2cn[nH]n2)cc1. The molecule has 3 nitrogen and oxygen atoms in total. The van der Waals surface area contributed by atoms with Crippen molar-refractivity contribution < 1.29 is 4.39 Å². The third kappa shape index (κ3) is 1.90. The highest BCUT2D eigenvalue weighted by molar-refractivity contribution is 5.20. The van der Waals surface area contributed by atoms with Gasteiger partial charge in [-0.15, -0.1) is 0 Å². The van der Waals surface area contributed by atoms with Gasteiger partial charge >= 0.3 is 0 Å². The number of nitrogens with zero attached hydrogens (tertiary/aromatic N) is 2. The molecular weight excluding hydrogens is 169 g/mol. The van der Waals surface area contributed by atoms with E-state index in [0.29, 0.717) is 6.42 Å². The van der Waals surface area contributed by atoms with Crippen LogP contribution in [0.2, 0.25) is 0 Å². The van der Waals surface area contributed by atoms with E-state index in [4.69, 9.17) is 0 Å². The number of hydrogen-bond acceptors (Lipinski definition) is 2. The lowest BCUT2D eigenvalue weighted by Gasteiger charge is -1.96. The largest absolute Gasteiger partial charge is 0.207 e. The molecule has 4 heteroatoms. The van der Waals surface area contributed by atoms with Crippen LogP contribution in [0.1, 0.15) is 11.3 Å². The van der Waals surface area contributed by atoms with Gasteiger partial charge in [0, 0.05) is 6.42 Å². The summed E-state index contributed by atoms with van der Waals surface area (Å²) in [5.74, 6) is -0.219. The van der Waals surface area contributed by atoms with E-state index in [1.807, 2.05) is 0 Å². The summed E-state index contributed by atoms with van der Waals surface area (Å²) < 4.78 is 12.5. The van der Waals surface area contributed by atoms with Gasteiger partial charge in [0.1, 0.15) is 5.82 Å². The highest BCUT2D eigenvalue weighted by atomic mass is 19.1. The molecule has 2 rings (SSSR count). The van der Waals surface area contributed by atoms with Gasteiger partial charge in [-0.1, -0.05) is 12.1 Å². The van der Waals surface area contributed by atoms with Gasteiger partial charge in [0.15, 0.2) is 0 Å². The predicted octanol–water partition coefficient (Wildman–Crippen LogP) is 1.53. The van der Waals surface area contributed by atoms with Gasteiger partial charge in [0.25, 0.3) is 0 Å². The molecule has 66 valence electrons. The maximum Gasteiger partial charge on any atom is 0.123 e. The van der Waals surface area contributed by atoms with E-state index in [2.05, 4.69) is 15.4 Å². The van der Waals surface area contributed by atoms with E-state index >= 15 is 0 Å². The summed E-state index contributed by atoms with van der Waals surface area (Å²) >= 11 is 0. The third-order valence-electron chi connectivity index (χ3n) is 1.76. The molecule has 0 atom stereocenters. The molecule has 0 saturated heterocycles. The number of benzene rings is 1. The number of halogens is 1. The second-order valence-corrected chi connectivity index (χ2v) is 2.76. The average Bonchev–Trinajstić information content (AvgIpc) is 2.62. The van der Waals surface area contributed by atoms with Crippen LogP contribution in [0.4, 0.5) is 4.39 Å². The van der Waals surface area contributed by atoms with Crippen molar-refractivity contribution >= 4 is 0 Å². The van der Waals surface area contributed by atoms with E-state index in [1.54, 1.807) is 18.3 Å². The monoisotopic (exact) mass is 177 g/mol. The van der Waals surface area contributed by atoms with Crippen LogP contribution in [-0.4, -0.2) is 15.4 Å². The average molecular weight is 177 g/mol. The van der Waals surface area contributed by atoms with Crippen molar-refractivity contribution in [2.45, 2.75) is 6.42 Å². The van der Waals surface area contributed by atoms with Crippen molar-refractivity contribution in [3.05, 3.63) is 47.5 Å². The van der Waals surface area contributed by atoms with Crippen LogP contribution in [0.15, 0.2) is 30.5 Å². The van der Waals surface area contributed by atoms with E-state index < -0.39 is 0 Å². The standard InChI is InChI=1S/C9H8FN3/c10-8-3-1-7(2-4-8)5-9-6-11-13-12-9/h1-4,6H,5H2,(H,11,12,13). The van der Waals surface area contributed by atoms with Crippen LogP contribution < -0.4 is 0 Å². The second-order valence-electron chi connectivity index (χ2n) is 2.76. The molecule has 0 aliphatic heterocycles. The molecule has 13 heavy (non-hydrogen) atoms. The number of aromatic nitrogens is 3. The molecule has 1 aromatic carbocycles. The summed E-state index contributed by atoms with van der Waals surface area (Å²) in [5, 5.41) is 10.1. The first kappa shape index (κ1) is 7.91. The number of hydrogen-bond donors (Lipinski definition) is 1. The van der Waals surface area contributed by atoms with Crippen LogP contribution in [-0.2, 0) is 6.42 Å². The number of rotatable bonds is 2. The van der Waals surface area contributed by atoms with Gasteiger partial charge in [-0.3, -0.25) is 0 Å². The molecule has 1 N–H and O–H groups in total. The molecule has 0 aliphatic rings. The van der Waals surface area contributed by atoms with Crippen molar-refractivity contribution in [1.82, 2.24) is 15.4 Å². The quantitative estimate of drug-likeness (QED) is 0.755. The molecule has 0 fully saturated rings. The lowest BCUT2D eigenvalue weighted by atomic mass is 10.1. The Hall–Kier alpha value is -1.71. The zero-order valence-electron chi connectivity index (χ0n) is 6.87. The molecule has 0 amide bonds. The first-order valence-electron chi connectivity index (χ1n) is 3.94. The summed E-state index contributed by atoms with van der Waals surface area (Å²) in [7, 11) is 0. The molecule has 0 spiro atoms. The van der Waals surface area contributed by atoms with Gasteiger partial charge in [-0.25, -0.2) is 4.39 Å². The van der Waals surface area contributed by atoms with Crippen molar-refractivity contribution in [2.75, 3.05) is 0 Å². The lowest BCUT2D eigenvalue weighted by molar-refractivity contribution is 0.627. The highest BCUT2D eigenvalue weighted by Crippen LogP contribution is 2.06. The molecule has 1 aromatic heterocycles. The number of H-pyrrole nitrogens is 1. The number of nitrogens with one attached hydrogen (secondary N) is 1. The fraction of sp³-hybridized carbons (Fsp3) is 0.111. The minimum Gasteiger partial charge on any atom is -0.207 e. The Balaban J connectivity index is 2.15. The third-order valence-corrected chi connectivity index (χ3v) is 1.76. The van der Waals surface area contributed by atoms with Crippen LogP contribution in [0.5, 0.6) is 0 Å². The van der Waals surface area contributed by atoms with Gasteiger partial charge < -0.3 is 0 Å². The molecule has 0 bridgehead atoms. The fourth-order valence-corrected chi connectivity index (χ4v) is 1.12. The fourth-order valence-electron chi connectivity index (χ4n) is 1.12. The smallest absolute Gasteiger partial charge is 0.123 e. The van der Waals surface area contributed by atoms with Crippen LogP contribution in [0.3, 0.4) is 0 Å². The van der Waals surface area contributed by atoms with Crippen LogP contribution in [0, 0.1) is 5.82 Å². The Morgan fingerprint density at radius 1 is 1.23 bits per heavy atom. The van der Waals surface area contributed by atoms with Gasteiger partial charge in [0.05, 0.1) is 11.9 Å². The summed E-state index contributed by atoms with van der Waals surface area (Å²) in [6.45, 7) is 0. The summed E-state index contributed by atoms with van der Waals surface area (Å²) in [6, 6.07) is 6.36. The molecule has 0 aliphatic carbocycles. The van der Waals surface area contributed by atoms with E-state index in [-0.39, 0.29) is 5.82 Å². The van der Waals surface area contributed by atoms with Crippen molar-refractivity contribution in [3.63, 3.8) is 0 Å². The zero-order valence-corrected chi connectivity index (χ0v) is 6.87. The Morgan fingerprint density at radius 2 is 2.00 bits per heavy atom. The van der Waals surface area contributed by atoms with E-state index in [0.717, 1.165) is 11.3 Å². The topological polar surface area (TPSA) is 41.6 Å². The minimum absolute atomic E-state index is 0.219. The van der Waals surface area contributed by atoms with E-state index in [1.165, 1.54) is 12.1 Å². The Morgan fingerprint density at radius 3 is 2.62 bits per heavy atom. The van der Waals surface area contributed by atoms with Crippen LogP contribution in [0.25, 0.3) is 0 Å². The summed E-state index contributed by atoms with van der Waals surface area (Å²) in [4.78, 5) is 0. The second kappa shape index (κ2) is 3.35. The van der Waals surface area contributed by atoms with E-state index in [9.17, 15) is 4.39 Å². The van der Waals surface area contributed by atoms with Gasteiger partial charge in [0.2, 0.25) is 0 Å². The Labute approximate surface area is 74.6 Å².